The zero-order valence-electron chi connectivity index (χ0n) is 13.8. The number of halogens is 1. The van der Waals surface area contributed by atoms with Crippen LogP contribution in [0.1, 0.15) is 24.8 Å². The van der Waals surface area contributed by atoms with E-state index in [0.29, 0.717) is 10.9 Å². The number of benzene rings is 1. The van der Waals surface area contributed by atoms with Crippen LogP contribution in [0.25, 0.3) is 0 Å². The smallest absolute Gasteiger partial charge is 0.414 e. The molecule has 1 aromatic heterocycles. The molecule has 0 saturated heterocycles. The maximum Gasteiger partial charge on any atom is 0.414 e. The quantitative estimate of drug-likeness (QED) is 0.677. The fourth-order valence-electron chi connectivity index (χ4n) is 1.82. The van der Waals surface area contributed by atoms with Crippen molar-refractivity contribution in [1.82, 2.24) is 0 Å². The van der Waals surface area contributed by atoms with Crippen LogP contribution >= 0.6 is 22.9 Å². The van der Waals surface area contributed by atoms with E-state index in [1.807, 2.05) is 35.7 Å². The molecular formula is C17H20ClNO5S. The Balaban J connectivity index is 0.000000450. The second kappa shape index (κ2) is 10.0. The topological polar surface area (TPSA) is 110 Å². The monoisotopic (exact) mass is 385 g/mol. The van der Waals surface area contributed by atoms with Gasteiger partial charge in [-0.05, 0) is 35.6 Å². The molecule has 2 atom stereocenters. The average molecular weight is 386 g/mol. The number of rotatable bonds is 5. The van der Waals surface area contributed by atoms with Gasteiger partial charge in [0.2, 0.25) is 0 Å². The van der Waals surface area contributed by atoms with E-state index < -0.39 is 11.9 Å². The van der Waals surface area contributed by atoms with Crippen molar-refractivity contribution in [3.63, 3.8) is 0 Å². The molecule has 1 heterocycles. The van der Waals surface area contributed by atoms with E-state index >= 15 is 0 Å². The lowest BCUT2D eigenvalue weighted by molar-refractivity contribution is -0.159. The first-order valence-corrected chi connectivity index (χ1v) is 8.65. The largest absolute Gasteiger partial charge is 0.483 e. The summed E-state index contributed by atoms with van der Waals surface area (Å²) in [5.74, 6) is -2.56. The molecule has 2 aromatic rings. The zero-order chi connectivity index (χ0) is 19.0. The van der Waals surface area contributed by atoms with Crippen molar-refractivity contribution in [2.75, 3.05) is 0 Å². The highest BCUT2D eigenvalue weighted by Gasteiger charge is 2.25. The zero-order valence-corrected chi connectivity index (χ0v) is 15.3. The lowest BCUT2D eigenvalue weighted by Gasteiger charge is -2.27. The van der Waals surface area contributed by atoms with E-state index in [9.17, 15) is 0 Å². The highest BCUT2D eigenvalue weighted by atomic mass is 35.5. The number of hydrogen-bond acceptors (Lipinski definition) is 5. The van der Waals surface area contributed by atoms with Crippen LogP contribution in [0, 0.1) is 5.92 Å². The molecule has 1 aromatic carbocycles. The predicted octanol–water partition coefficient (Wildman–Crippen LogP) is 3.66. The summed E-state index contributed by atoms with van der Waals surface area (Å²) in [5, 5.41) is 17.5. The van der Waals surface area contributed by atoms with E-state index in [0.717, 1.165) is 10.6 Å². The maximum absolute atomic E-state index is 9.10. The Morgan fingerprint density at radius 2 is 1.80 bits per heavy atom. The predicted molar refractivity (Wildman–Crippen MR) is 97.2 cm³/mol. The van der Waals surface area contributed by atoms with Crippen molar-refractivity contribution >= 4 is 34.9 Å². The Bertz CT molecular complexity index is 678. The van der Waals surface area contributed by atoms with Crippen molar-refractivity contribution < 1.29 is 24.5 Å². The fourth-order valence-corrected chi connectivity index (χ4v) is 2.81. The van der Waals surface area contributed by atoms with Crippen LogP contribution < -0.4 is 10.5 Å². The van der Waals surface area contributed by atoms with Crippen LogP contribution in [0.15, 0.2) is 41.8 Å². The van der Waals surface area contributed by atoms with Gasteiger partial charge in [-0.25, -0.2) is 9.59 Å². The number of thiophene rings is 1. The Kier molecular flexibility index (Phi) is 8.40. The minimum atomic E-state index is -1.82. The molecule has 4 N–H and O–H groups in total. The number of carbonyl (C=O) groups is 2. The SMILES string of the molecule is CC(C)C(N)C(Oc1cccc(Cl)c1)c1cccs1.O=C(O)C(=O)O. The van der Waals surface area contributed by atoms with E-state index in [1.54, 1.807) is 11.3 Å². The summed E-state index contributed by atoms with van der Waals surface area (Å²) in [6.07, 6.45) is -0.140. The summed E-state index contributed by atoms with van der Waals surface area (Å²) in [4.78, 5) is 19.3. The molecule has 2 rings (SSSR count). The number of aliphatic carboxylic acids is 2. The first-order valence-electron chi connectivity index (χ1n) is 7.39. The lowest BCUT2D eigenvalue weighted by Crippen LogP contribution is -2.36. The standard InChI is InChI=1S/C15H18ClNOS.C2H2O4/c1-10(2)14(17)15(13-7-4-8-19-13)18-12-6-3-5-11(16)9-12;3-1(4)2(5)6/h3-10,14-15H,17H2,1-2H3;(H,3,4)(H,5,6). The molecule has 0 radical (unpaired) electrons. The molecule has 6 nitrogen and oxygen atoms in total. The summed E-state index contributed by atoms with van der Waals surface area (Å²) in [5.41, 5.74) is 6.29. The molecule has 8 heteroatoms. The molecule has 0 aliphatic carbocycles. The van der Waals surface area contributed by atoms with Gasteiger partial charge < -0.3 is 20.7 Å². The first-order chi connectivity index (χ1) is 11.7. The minimum absolute atomic E-state index is 0.0577. The molecule has 0 amide bonds. The summed E-state index contributed by atoms with van der Waals surface area (Å²) in [6, 6.07) is 11.4. The Labute approximate surface area is 154 Å². The number of ether oxygens (including phenoxy) is 1. The van der Waals surface area contributed by atoms with Crippen molar-refractivity contribution in [2.24, 2.45) is 11.7 Å². The average Bonchev–Trinajstić information content (AvgIpc) is 3.06. The van der Waals surface area contributed by atoms with Crippen LogP contribution in [0.2, 0.25) is 5.02 Å². The highest BCUT2D eigenvalue weighted by molar-refractivity contribution is 7.10. The van der Waals surface area contributed by atoms with Crippen molar-refractivity contribution in [2.45, 2.75) is 26.0 Å². The normalized spacial score (nSPS) is 12.7. The number of carboxylic acid groups (broad SMARTS) is 2. The number of hydrogen-bond donors (Lipinski definition) is 3. The lowest BCUT2D eigenvalue weighted by atomic mass is 9.98. The molecule has 25 heavy (non-hydrogen) atoms. The van der Waals surface area contributed by atoms with Gasteiger partial charge in [0.05, 0.1) is 0 Å². The molecular weight excluding hydrogens is 366 g/mol. The van der Waals surface area contributed by atoms with Gasteiger partial charge in [0.1, 0.15) is 11.9 Å². The van der Waals surface area contributed by atoms with Crippen LogP contribution in [0.5, 0.6) is 5.75 Å². The molecule has 0 aliphatic rings. The third-order valence-corrected chi connectivity index (χ3v) is 4.35. The van der Waals surface area contributed by atoms with E-state index in [2.05, 4.69) is 19.9 Å². The van der Waals surface area contributed by atoms with Crippen LogP contribution in [-0.4, -0.2) is 28.2 Å². The molecule has 2 unspecified atom stereocenters. The Hall–Kier alpha value is -2.09. The van der Waals surface area contributed by atoms with Gasteiger partial charge in [-0.2, -0.15) is 0 Å². The molecule has 0 aliphatic heterocycles. The van der Waals surface area contributed by atoms with Gasteiger partial charge in [0.15, 0.2) is 0 Å². The maximum atomic E-state index is 9.10. The first kappa shape index (κ1) is 21.0. The van der Waals surface area contributed by atoms with Gasteiger partial charge in [0, 0.05) is 15.9 Å². The van der Waals surface area contributed by atoms with E-state index in [1.165, 1.54) is 0 Å². The van der Waals surface area contributed by atoms with Crippen LogP contribution in [0.4, 0.5) is 0 Å². The number of nitrogens with two attached hydrogens (primary N) is 1. The second-order valence-corrected chi connectivity index (χ2v) is 6.86. The van der Waals surface area contributed by atoms with Gasteiger partial charge in [-0.15, -0.1) is 11.3 Å². The van der Waals surface area contributed by atoms with Gasteiger partial charge in [-0.3, -0.25) is 0 Å². The minimum Gasteiger partial charge on any atom is -0.483 e. The molecule has 0 fully saturated rings. The van der Waals surface area contributed by atoms with E-state index in [4.69, 9.17) is 41.9 Å². The highest BCUT2D eigenvalue weighted by Crippen LogP contribution is 2.30. The third kappa shape index (κ3) is 7.13. The van der Waals surface area contributed by atoms with Crippen molar-refractivity contribution in [3.05, 3.63) is 51.7 Å². The van der Waals surface area contributed by atoms with Crippen molar-refractivity contribution in [1.29, 1.82) is 0 Å². The van der Waals surface area contributed by atoms with Crippen LogP contribution in [0.3, 0.4) is 0 Å². The molecule has 0 bridgehead atoms. The second-order valence-electron chi connectivity index (χ2n) is 5.44. The van der Waals surface area contributed by atoms with Gasteiger partial charge in [-0.1, -0.05) is 37.6 Å². The summed E-state index contributed by atoms with van der Waals surface area (Å²) < 4.78 is 6.06. The van der Waals surface area contributed by atoms with E-state index in [-0.39, 0.29) is 12.1 Å². The fraction of sp³-hybridized carbons (Fsp3) is 0.294. The van der Waals surface area contributed by atoms with Crippen LogP contribution in [-0.2, 0) is 9.59 Å². The Morgan fingerprint density at radius 3 is 2.24 bits per heavy atom. The molecule has 136 valence electrons. The van der Waals surface area contributed by atoms with Crippen molar-refractivity contribution in [3.8, 4) is 5.75 Å². The summed E-state index contributed by atoms with van der Waals surface area (Å²) in [6.45, 7) is 4.21. The summed E-state index contributed by atoms with van der Waals surface area (Å²) >= 11 is 7.65. The summed E-state index contributed by atoms with van der Waals surface area (Å²) in [7, 11) is 0. The Morgan fingerprint density at radius 1 is 1.16 bits per heavy atom. The van der Waals surface area contributed by atoms with Gasteiger partial charge in [0.25, 0.3) is 0 Å². The third-order valence-electron chi connectivity index (χ3n) is 3.19. The van der Waals surface area contributed by atoms with Gasteiger partial charge >= 0.3 is 11.9 Å². The molecule has 0 saturated carbocycles. The number of carboxylic acids is 2. The molecule has 0 spiro atoms.